The molecule has 0 atom stereocenters. The van der Waals surface area contributed by atoms with Gasteiger partial charge in [0.1, 0.15) is 5.58 Å². The largest absolute Gasteiger partial charge is 0.451 e. The number of benzene rings is 2. The van der Waals surface area contributed by atoms with Crippen molar-refractivity contribution in [2.75, 3.05) is 5.32 Å². The number of amides is 1. The highest BCUT2D eigenvalue weighted by Crippen LogP contribution is 2.15. The number of aromatic nitrogens is 4. The molecule has 2 aromatic carbocycles. The molecule has 0 saturated heterocycles. The normalized spacial score (nSPS) is 10.9. The van der Waals surface area contributed by atoms with E-state index in [1.54, 1.807) is 48.5 Å². The number of nitrogens with zero attached hydrogens (tertiary/aromatic N) is 4. The molecule has 0 fully saturated rings. The van der Waals surface area contributed by atoms with Gasteiger partial charge in [0.15, 0.2) is 11.2 Å². The van der Waals surface area contributed by atoms with E-state index in [9.17, 15) is 14.4 Å². The van der Waals surface area contributed by atoms with Crippen molar-refractivity contribution in [2.24, 2.45) is 7.05 Å². The second kappa shape index (κ2) is 6.37. The summed E-state index contributed by atoms with van der Waals surface area (Å²) in [5.41, 5.74) is 0.636. The lowest BCUT2D eigenvalue weighted by Gasteiger charge is -2.06. The molecule has 2 heterocycles. The summed E-state index contributed by atoms with van der Waals surface area (Å²) in [5, 5.41) is 10.4. The molecule has 27 heavy (non-hydrogen) atoms. The average Bonchev–Trinajstić information content (AvgIpc) is 3.01. The number of rotatable bonds is 3. The summed E-state index contributed by atoms with van der Waals surface area (Å²) in [6.07, 6.45) is 0. The van der Waals surface area contributed by atoms with E-state index in [1.807, 2.05) is 0 Å². The van der Waals surface area contributed by atoms with Gasteiger partial charge in [0.2, 0.25) is 0 Å². The van der Waals surface area contributed by atoms with Gasteiger partial charge in [0.05, 0.1) is 11.1 Å². The van der Waals surface area contributed by atoms with E-state index >= 15 is 0 Å². The molecule has 4 rings (SSSR count). The minimum absolute atomic E-state index is 0.0899. The Morgan fingerprint density at radius 3 is 2.48 bits per heavy atom. The zero-order valence-electron chi connectivity index (χ0n) is 14.1. The quantitative estimate of drug-likeness (QED) is 0.588. The van der Waals surface area contributed by atoms with E-state index < -0.39 is 5.91 Å². The average molecular weight is 363 g/mol. The molecule has 0 saturated carbocycles. The van der Waals surface area contributed by atoms with Gasteiger partial charge >= 0.3 is 5.69 Å². The van der Waals surface area contributed by atoms with Crippen LogP contribution in [0.1, 0.15) is 10.6 Å². The molecule has 9 heteroatoms. The molecule has 0 aliphatic rings. The van der Waals surface area contributed by atoms with E-state index in [0.29, 0.717) is 22.3 Å². The summed E-state index contributed by atoms with van der Waals surface area (Å²) in [4.78, 5) is 36.3. The topological polar surface area (TPSA) is 112 Å². The van der Waals surface area contributed by atoms with Crippen LogP contribution in [0.4, 0.5) is 5.69 Å². The second-order valence-corrected chi connectivity index (χ2v) is 5.77. The predicted molar refractivity (Wildman–Crippen MR) is 97.0 cm³/mol. The maximum atomic E-state index is 12.4. The molecule has 0 spiro atoms. The Morgan fingerprint density at radius 2 is 1.78 bits per heavy atom. The monoisotopic (exact) mass is 363 g/mol. The standard InChI is InChI=1S/C18H13N5O4/c1-22-18(26)23(21-20-22)12-8-6-11(7-9-12)19-17(25)16-10-14(24)13-4-2-3-5-15(13)27-16/h2-10H,1H3,(H,19,25). The molecular formula is C18H13N5O4. The van der Waals surface area contributed by atoms with E-state index in [0.717, 1.165) is 15.4 Å². The van der Waals surface area contributed by atoms with Crippen LogP contribution in [-0.4, -0.2) is 25.7 Å². The van der Waals surface area contributed by atoms with Crippen molar-refractivity contribution in [2.45, 2.75) is 0 Å². The van der Waals surface area contributed by atoms with Crippen LogP contribution >= 0.6 is 0 Å². The van der Waals surface area contributed by atoms with Crippen LogP contribution in [0.25, 0.3) is 16.7 Å². The van der Waals surface area contributed by atoms with Crippen LogP contribution in [0.2, 0.25) is 0 Å². The van der Waals surface area contributed by atoms with Gasteiger partial charge in [0, 0.05) is 18.8 Å². The number of carbonyl (C=O) groups excluding carboxylic acids is 1. The van der Waals surface area contributed by atoms with E-state index in [4.69, 9.17) is 4.42 Å². The SMILES string of the molecule is Cn1nnn(-c2ccc(NC(=O)c3cc(=O)c4ccccc4o3)cc2)c1=O. The molecule has 0 bridgehead atoms. The maximum Gasteiger partial charge on any atom is 0.368 e. The van der Waals surface area contributed by atoms with Crippen LogP contribution in [0.5, 0.6) is 0 Å². The van der Waals surface area contributed by atoms with Gasteiger partial charge in [-0.25, -0.2) is 4.79 Å². The van der Waals surface area contributed by atoms with Crippen LogP contribution in [-0.2, 0) is 7.05 Å². The molecule has 0 aliphatic carbocycles. The number of tetrazole rings is 1. The molecule has 0 aliphatic heterocycles. The maximum absolute atomic E-state index is 12.4. The first-order valence-electron chi connectivity index (χ1n) is 7.96. The summed E-state index contributed by atoms with van der Waals surface area (Å²) in [6, 6.07) is 14.3. The van der Waals surface area contributed by atoms with Gasteiger partial charge in [-0.15, -0.1) is 0 Å². The van der Waals surface area contributed by atoms with Crippen LogP contribution in [0, 0.1) is 0 Å². The minimum Gasteiger partial charge on any atom is -0.451 e. The lowest BCUT2D eigenvalue weighted by Crippen LogP contribution is -2.21. The van der Waals surface area contributed by atoms with Gasteiger partial charge in [-0.3, -0.25) is 9.59 Å². The van der Waals surface area contributed by atoms with E-state index in [-0.39, 0.29) is 16.9 Å². The predicted octanol–water partition coefficient (Wildman–Crippen LogP) is 1.32. The third-order valence-corrected chi connectivity index (χ3v) is 3.95. The Hall–Kier alpha value is -4.01. The van der Waals surface area contributed by atoms with Crippen molar-refractivity contribution in [3.05, 3.63) is 81.1 Å². The molecule has 134 valence electrons. The number of hydrogen-bond acceptors (Lipinski definition) is 6. The smallest absolute Gasteiger partial charge is 0.368 e. The van der Waals surface area contributed by atoms with Crippen molar-refractivity contribution in [3.63, 3.8) is 0 Å². The van der Waals surface area contributed by atoms with Gasteiger partial charge in [0.25, 0.3) is 5.91 Å². The zero-order valence-corrected chi connectivity index (χ0v) is 14.1. The molecule has 1 N–H and O–H groups in total. The summed E-state index contributed by atoms with van der Waals surface area (Å²) in [7, 11) is 1.50. The Bertz CT molecular complexity index is 1270. The van der Waals surface area contributed by atoms with Crippen molar-refractivity contribution in [3.8, 4) is 5.69 Å². The highest BCUT2D eigenvalue weighted by atomic mass is 16.3. The summed E-state index contributed by atoms with van der Waals surface area (Å²) in [5.74, 6) is -0.643. The van der Waals surface area contributed by atoms with Crippen LogP contribution < -0.4 is 16.4 Å². The zero-order chi connectivity index (χ0) is 19.0. The lowest BCUT2D eigenvalue weighted by molar-refractivity contribution is 0.0997. The van der Waals surface area contributed by atoms with Crippen molar-refractivity contribution >= 4 is 22.6 Å². The van der Waals surface area contributed by atoms with Gasteiger partial charge < -0.3 is 9.73 Å². The fourth-order valence-electron chi connectivity index (χ4n) is 2.57. The minimum atomic E-state index is -0.553. The summed E-state index contributed by atoms with van der Waals surface area (Å²) in [6.45, 7) is 0. The lowest BCUT2D eigenvalue weighted by atomic mass is 10.2. The van der Waals surface area contributed by atoms with E-state index in [1.165, 1.54) is 7.05 Å². The molecule has 1 amide bonds. The number of para-hydroxylation sites is 1. The fourth-order valence-corrected chi connectivity index (χ4v) is 2.57. The van der Waals surface area contributed by atoms with Crippen LogP contribution in [0.15, 0.2) is 68.6 Å². The molecule has 0 radical (unpaired) electrons. The Balaban J connectivity index is 1.59. The van der Waals surface area contributed by atoms with Gasteiger partial charge in [-0.05, 0) is 46.8 Å². The number of carbonyl (C=O) groups is 1. The van der Waals surface area contributed by atoms with Crippen molar-refractivity contribution < 1.29 is 9.21 Å². The molecule has 2 aromatic heterocycles. The third-order valence-electron chi connectivity index (χ3n) is 3.95. The third kappa shape index (κ3) is 3.01. The molecular weight excluding hydrogens is 350 g/mol. The first-order valence-corrected chi connectivity index (χ1v) is 7.96. The molecule has 0 unspecified atom stereocenters. The van der Waals surface area contributed by atoms with Crippen molar-refractivity contribution in [1.82, 2.24) is 19.8 Å². The highest BCUT2D eigenvalue weighted by Gasteiger charge is 2.13. The first-order chi connectivity index (χ1) is 13.0. The summed E-state index contributed by atoms with van der Waals surface area (Å²) >= 11 is 0. The Labute approximate surface area is 151 Å². The Kier molecular flexibility index (Phi) is 3.88. The first kappa shape index (κ1) is 16.5. The molecule has 4 aromatic rings. The van der Waals surface area contributed by atoms with Gasteiger partial charge in [-0.2, -0.15) is 9.36 Å². The number of anilines is 1. The highest BCUT2D eigenvalue weighted by molar-refractivity contribution is 6.03. The Morgan fingerprint density at radius 1 is 1.04 bits per heavy atom. The second-order valence-electron chi connectivity index (χ2n) is 5.77. The number of nitrogens with one attached hydrogen (secondary N) is 1. The fraction of sp³-hybridized carbons (Fsp3) is 0.0556. The number of aryl methyl sites for hydroxylation is 1. The number of hydrogen-bond donors (Lipinski definition) is 1. The molecule has 9 nitrogen and oxygen atoms in total. The summed E-state index contributed by atoms with van der Waals surface area (Å²) < 4.78 is 7.75. The van der Waals surface area contributed by atoms with E-state index in [2.05, 4.69) is 15.7 Å². The van der Waals surface area contributed by atoms with Gasteiger partial charge in [-0.1, -0.05) is 12.1 Å². The number of fused-ring (bicyclic) bond motifs is 1. The van der Waals surface area contributed by atoms with Crippen LogP contribution in [0.3, 0.4) is 0 Å². The van der Waals surface area contributed by atoms with Crippen molar-refractivity contribution in [1.29, 1.82) is 0 Å².